The second-order valence-electron chi connectivity index (χ2n) is 6.28. The van der Waals surface area contributed by atoms with Crippen molar-refractivity contribution in [2.24, 2.45) is 0 Å². The number of ether oxygens (including phenoxy) is 1. The van der Waals surface area contributed by atoms with E-state index in [1.54, 1.807) is 36.7 Å². The fraction of sp³-hybridized carbons (Fsp3) is 0.150. The molecular weight excluding hydrogens is 392 g/mol. The highest BCUT2D eigenvalue weighted by atomic mass is 32.2. The summed E-state index contributed by atoms with van der Waals surface area (Å²) in [6, 6.07) is 10.4. The molecule has 0 aliphatic heterocycles. The third-order valence-electron chi connectivity index (χ3n) is 4.53. The molecule has 4 rings (SSSR count). The van der Waals surface area contributed by atoms with Crippen LogP contribution in [0, 0.1) is 0 Å². The average Bonchev–Trinajstić information content (AvgIpc) is 3.16. The van der Waals surface area contributed by atoms with Crippen molar-refractivity contribution in [2.75, 3.05) is 11.8 Å². The second-order valence-corrected chi connectivity index (χ2v) is 7.93. The highest BCUT2D eigenvalue weighted by Crippen LogP contribution is 2.35. The molecule has 2 aromatic heterocycles. The van der Waals surface area contributed by atoms with E-state index in [9.17, 15) is 8.42 Å². The minimum absolute atomic E-state index is 0.0380. The molecule has 1 N–H and O–H groups in total. The van der Waals surface area contributed by atoms with E-state index in [-0.39, 0.29) is 16.5 Å². The fourth-order valence-corrected chi connectivity index (χ4v) is 4.30. The Hall–Kier alpha value is -3.46. The van der Waals surface area contributed by atoms with Crippen LogP contribution in [-0.2, 0) is 16.4 Å². The molecule has 0 radical (unpaired) electrons. The molecule has 29 heavy (non-hydrogen) atoms. The van der Waals surface area contributed by atoms with E-state index in [1.165, 1.54) is 13.4 Å². The number of sulfonamides is 1. The summed E-state index contributed by atoms with van der Waals surface area (Å²) < 4.78 is 39.4. The van der Waals surface area contributed by atoms with Crippen molar-refractivity contribution in [2.45, 2.75) is 18.2 Å². The first-order valence-corrected chi connectivity index (χ1v) is 10.4. The Morgan fingerprint density at radius 1 is 1.14 bits per heavy atom. The van der Waals surface area contributed by atoms with E-state index in [0.717, 1.165) is 5.56 Å². The zero-order chi connectivity index (χ0) is 20.4. The van der Waals surface area contributed by atoms with Crippen molar-refractivity contribution in [1.82, 2.24) is 15.1 Å². The van der Waals surface area contributed by atoms with Crippen LogP contribution in [0.15, 0.2) is 64.5 Å². The van der Waals surface area contributed by atoms with Gasteiger partial charge in [-0.25, -0.2) is 18.4 Å². The number of fused-ring (bicyclic) bond motifs is 1. The van der Waals surface area contributed by atoms with Crippen LogP contribution in [0.3, 0.4) is 0 Å². The van der Waals surface area contributed by atoms with Gasteiger partial charge in [-0.2, -0.15) is 0 Å². The number of aryl methyl sites for hydroxylation is 1. The number of benzene rings is 2. The lowest BCUT2D eigenvalue weighted by Gasteiger charge is -2.12. The fourth-order valence-electron chi connectivity index (χ4n) is 3.07. The number of hydrogen-bond donors (Lipinski definition) is 1. The van der Waals surface area contributed by atoms with Crippen LogP contribution >= 0.6 is 0 Å². The number of anilines is 1. The first kappa shape index (κ1) is 18.9. The summed E-state index contributed by atoms with van der Waals surface area (Å²) in [4.78, 5) is 8.10. The lowest BCUT2D eigenvalue weighted by atomic mass is 10.0. The Balaban J connectivity index is 1.83. The lowest BCUT2D eigenvalue weighted by Crippen LogP contribution is -2.15. The average molecular weight is 410 g/mol. The SMILES string of the molecule is CCc1ccc(OC)c(S(=O)(=O)Nc2noc3cccc(-c4cncnc4)c23)c1. The van der Waals surface area contributed by atoms with Gasteiger partial charge in [0.05, 0.1) is 12.5 Å². The van der Waals surface area contributed by atoms with Crippen molar-refractivity contribution in [1.29, 1.82) is 0 Å². The van der Waals surface area contributed by atoms with Gasteiger partial charge in [0.25, 0.3) is 10.0 Å². The van der Waals surface area contributed by atoms with E-state index >= 15 is 0 Å². The van der Waals surface area contributed by atoms with Gasteiger partial charge in [-0.15, -0.1) is 0 Å². The number of hydrogen-bond acceptors (Lipinski definition) is 7. The maximum Gasteiger partial charge on any atom is 0.266 e. The van der Waals surface area contributed by atoms with Crippen LogP contribution in [0.2, 0.25) is 0 Å². The molecule has 0 saturated carbocycles. The highest BCUT2D eigenvalue weighted by Gasteiger charge is 2.24. The number of nitrogens with one attached hydrogen (secondary N) is 1. The molecule has 8 nitrogen and oxygen atoms in total. The molecule has 0 atom stereocenters. The van der Waals surface area contributed by atoms with E-state index in [4.69, 9.17) is 9.26 Å². The van der Waals surface area contributed by atoms with E-state index in [2.05, 4.69) is 19.8 Å². The van der Waals surface area contributed by atoms with Crippen LogP contribution in [0.25, 0.3) is 22.1 Å². The molecule has 0 aliphatic carbocycles. The Bertz CT molecular complexity index is 1270. The summed E-state index contributed by atoms with van der Waals surface area (Å²) in [6.45, 7) is 1.95. The maximum absolute atomic E-state index is 13.1. The van der Waals surface area contributed by atoms with Crippen LogP contribution in [0.4, 0.5) is 5.82 Å². The van der Waals surface area contributed by atoms with Crippen molar-refractivity contribution in [3.63, 3.8) is 0 Å². The minimum atomic E-state index is -3.98. The van der Waals surface area contributed by atoms with Gasteiger partial charge in [0, 0.05) is 18.0 Å². The molecule has 2 heterocycles. The van der Waals surface area contributed by atoms with Crippen molar-refractivity contribution in [3.8, 4) is 16.9 Å². The summed E-state index contributed by atoms with van der Waals surface area (Å²) >= 11 is 0. The van der Waals surface area contributed by atoms with Gasteiger partial charge in [-0.05, 0) is 35.7 Å². The first-order valence-electron chi connectivity index (χ1n) is 8.87. The lowest BCUT2D eigenvalue weighted by molar-refractivity contribution is 0.402. The molecule has 0 bridgehead atoms. The molecule has 0 unspecified atom stereocenters. The Morgan fingerprint density at radius 2 is 1.93 bits per heavy atom. The topological polar surface area (TPSA) is 107 Å². The second kappa shape index (κ2) is 7.51. The monoisotopic (exact) mass is 410 g/mol. The maximum atomic E-state index is 13.1. The number of nitrogens with zero attached hydrogens (tertiary/aromatic N) is 3. The zero-order valence-corrected chi connectivity index (χ0v) is 16.6. The third kappa shape index (κ3) is 3.52. The minimum Gasteiger partial charge on any atom is -0.495 e. The smallest absolute Gasteiger partial charge is 0.266 e. The summed E-state index contributed by atoms with van der Waals surface area (Å²) in [6.07, 6.45) is 5.40. The summed E-state index contributed by atoms with van der Waals surface area (Å²) in [5.74, 6) is 0.336. The van der Waals surface area contributed by atoms with E-state index in [1.807, 2.05) is 19.1 Å². The van der Waals surface area contributed by atoms with E-state index in [0.29, 0.717) is 28.5 Å². The predicted octanol–water partition coefficient (Wildman–Crippen LogP) is 3.66. The van der Waals surface area contributed by atoms with Crippen LogP contribution in [0.5, 0.6) is 5.75 Å². The first-order chi connectivity index (χ1) is 14.0. The van der Waals surface area contributed by atoms with Crippen molar-refractivity contribution in [3.05, 3.63) is 60.7 Å². The third-order valence-corrected chi connectivity index (χ3v) is 5.89. The summed E-state index contributed by atoms with van der Waals surface area (Å²) in [7, 11) is -2.55. The van der Waals surface area contributed by atoms with Gasteiger partial charge in [0.2, 0.25) is 0 Å². The molecule has 4 aromatic rings. The summed E-state index contributed by atoms with van der Waals surface area (Å²) in [5.41, 5.74) is 2.74. The van der Waals surface area contributed by atoms with Gasteiger partial charge in [-0.1, -0.05) is 30.3 Å². The standard InChI is InChI=1S/C20H18N4O4S/c1-3-13-7-8-16(27-2)18(9-13)29(25,26)24-20-19-15(14-10-21-12-22-11-14)5-4-6-17(19)28-23-20/h4-12H,3H2,1-2H3,(H,23,24). The molecule has 0 fully saturated rings. The van der Waals surface area contributed by atoms with E-state index < -0.39 is 10.0 Å². The van der Waals surface area contributed by atoms with Crippen LogP contribution < -0.4 is 9.46 Å². The molecule has 0 aliphatic rings. The molecule has 0 amide bonds. The Morgan fingerprint density at radius 3 is 2.66 bits per heavy atom. The number of aromatic nitrogens is 3. The molecule has 0 saturated heterocycles. The number of rotatable bonds is 6. The Kier molecular flexibility index (Phi) is 4.89. The van der Waals surface area contributed by atoms with Gasteiger partial charge in [-0.3, -0.25) is 4.72 Å². The van der Waals surface area contributed by atoms with Gasteiger partial charge in [0.15, 0.2) is 11.4 Å². The predicted molar refractivity (Wildman–Crippen MR) is 108 cm³/mol. The van der Waals surface area contributed by atoms with Gasteiger partial charge >= 0.3 is 0 Å². The van der Waals surface area contributed by atoms with Gasteiger partial charge in [0.1, 0.15) is 17.0 Å². The van der Waals surface area contributed by atoms with Gasteiger partial charge < -0.3 is 9.26 Å². The molecule has 0 spiro atoms. The highest BCUT2D eigenvalue weighted by molar-refractivity contribution is 7.92. The van der Waals surface area contributed by atoms with Crippen LogP contribution in [-0.4, -0.2) is 30.7 Å². The normalized spacial score (nSPS) is 11.5. The zero-order valence-electron chi connectivity index (χ0n) is 15.8. The Labute approximate surface area is 167 Å². The molecule has 2 aromatic carbocycles. The van der Waals surface area contributed by atoms with Crippen molar-refractivity contribution < 1.29 is 17.7 Å². The van der Waals surface area contributed by atoms with Crippen molar-refractivity contribution >= 4 is 26.8 Å². The molecule has 148 valence electrons. The quantitative estimate of drug-likeness (QED) is 0.517. The molecular formula is C20H18N4O4S. The molecule has 9 heteroatoms. The summed E-state index contributed by atoms with van der Waals surface area (Å²) in [5, 5.41) is 4.47. The van der Waals surface area contributed by atoms with Crippen LogP contribution in [0.1, 0.15) is 12.5 Å². The largest absolute Gasteiger partial charge is 0.495 e. The number of methoxy groups -OCH3 is 1.